The number of allylic oxidation sites excluding steroid dienone is 2. The normalized spacial score (nSPS) is 15.4. The zero-order valence-corrected chi connectivity index (χ0v) is 42.5. The van der Waals surface area contributed by atoms with Crippen LogP contribution in [0.25, 0.3) is 16.7 Å². The van der Waals surface area contributed by atoms with E-state index < -0.39 is 8.24 Å². The van der Waals surface area contributed by atoms with Crippen molar-refractivity contribution in [3.05, 3.63) is 79.1 Å². The summed E-state index contributed by atoms with van der Waals surface area (Å²) in [6.45, 7) is 21.7. The van der Waals surface area contributed by atoms with Gasteiger partial charge in [0.1, 0.15) is 8.24 Å². The molecule has 2 aliphatic rings. The summed E-state index contributed by atoms with van der Waals surface area (Å²) < 4.78 is 0. The molecule has 0 saturated heterocycles. The molecule has 0 heterocycles. The van der Waals surface area contributed by atoms with Crippen LogP contribution in [0.15, 0.2) is 42.0 Å². The number of fused-ring (bicyclic) bond motifs is 4. The van der Waals surface area contributed by atoms with Crippen molar-refractivity contribution in [2.45, 2.75) is 245 Å². The van der Waals surface area contributed by atoms with Crippen LogP contribution in [0.4, 0.5) is 0 Å². The van der Waals surface area contributed by atoms with Crippen molar-refractivity contribution >= 4 is 13.8 Å². The van der Waals surface area contributed by atoms with E-state index in [9.17, 15) is 0 Å². The van der Waals surface area contributed by atoms with Crippen molar-refractivity contribution in [1.29, 1.82) is 0 Å². The second-order valence-corrected chi connectivity index (χ2v) is 24.0. The Bertz CT molecular complexity index is 1400. The van der Waals surface area contributed by atoms with Crippen molar-refractivity contribution in [3.8, 4) is 11.1 Å². The van der Waals surface area contributed by atoms with E-state index in [2.05, 4.69) is 103 Å². The minimum Gasteiger partial charge on any atom is -0.358 e. The average Bonchev–Trinajstić information content (AvgIpc) is 3.54. The molecule has 1 nitrogen and oxygen atoms in total. The topological polar surface area (TPSA) is 12.0 Å². The molecule has 2 aliphatic carbocycles. The summed E-state index contributed by atoms with van der Waals surface area (Å²) in [5.74, 6) is 0. The molecule has 0 bridgehead atoms. The van der Waals surface area contributed by atoms with Gasteiger partial charge in [0, 0.05) is 16.5 Å². The summed E-state index contributed by atoms with van der Waals surface area (Å²) in [6, 6.07) is 15.1. The van der Waals surface area contributed by atoms with Crippen LogP contribution in [-0.4, -0.2) is 13.8 Å². The van der Waals surface area contributed by atoms with Crippen molar-refractivity contribution in [2.75, 3.05) is 0 Å². The van der Waals surface area contributed by atoms with Crippen LogP contribution in [-0.2, 0) is 27.1 Å². The van der Waals surface area contributed by atoms with Crippen molar-refractivity contribution in [1.82, 2.24) is 4.98 Å². The predicted octanol–water partition coefficient (Wildman–Crippen LogP) is 18.1. The van der Waals surface area contributed by atoms with E-state index in [0.29, 0.717) is 5.54 Å². The van der Waals surface area contributed by atoms with Gasteiger partial charge < -0.3 is 19.8 Å². The first-order valence-electron chi connectivity index (χ1n) is 23.7. The summed E-state index contributed by atoms with van der Waals surface area (Å²) in [5, 5.41) is 0. The van der Waals surface area contributed by atoms with Crippen LogP contribution in [0.3, 0.4) is 0 Å². The van der Waals surface area contributed by atoms with Gasteiger partial charge >= 0.3 is 21.7 Å². The van der Waals surface area contributed by atoms with Gasteiger partial charge in [0.25, 0.3) is 0 Å². The fourth-order valence-electron chi connectivity index (χ4n) is 10.9. The van der Waals surface area contributed by atoms with Crippen LogP contribution >= 0.6 is 0 Å². The van der Waals surface area contributed by atoms with Crippen LogP contribution in [0.2, 0.25) is 13.1 Å². The third kappa shape index (κ3) is 15.5. The molecular formula is C54H93NSiTi. The summed E-state index contributed by atoms with van der Waals surface area (Å²) >= 11 is 0. The molecule has 0 radical (unpaired) electrons. The van der Waals surface area contributed by atoms with Crippen LogP contribution in [0.1, 0.15) is 243 Å². The first-order chi connectivity index (χ1) is 26.0. The Labute approximate surface area is 373 Å². The number of hydrogen-bond acceptors (Lipinski definition) is 1. The largest absolute Gasteiger partial charge is 2.00 e. The third-order valence-electron chi connectivity index (χ3n) is 13.5. The Hall–Kier alpha value is -0.929. The molecule has 1 unspecified atom stereocenters. The van der Waals surface area contributed by atoms with Gasteiger partial charge in [0.05, 0.1) is 0 Å². The van der Waals surface area contributed by atoms with Crippen LogP contribution < -0.4 is 4.98 Å². The van der Waals surface area contributed by atoms with Gasteiger partial charge in [-0.3, -0.25) is 0 Å². The fourth-order valence-corrected chi connectivity index (χ4v) is 15.3. The SMILES string of the molecule is CCCCCCCCCCCCCCC1(CCCCCCCCCCCCCC)c2ccccc2-c2cc3c(cc21)C(C)=C(C)C3[Si](C)(C)NC(C)(C)C.[CH3-].[CH3-].[Ti+2]. The Morgan fingerprint density at radius 2 is 0.947 bits per heavy atom. The van der Waals surface area contributed by atoms with Crippen molar-refractivity contribution < 1.29 is 21.7 Å². The molecule has 0 spiro atoms. The summed E-state index contributed by atoms with van der Waals surface area (Å²) in [7, 11) is -1.83. The maximum absolute atomic E-state index is 4.17. The van der Waals surface area contributed by atoms with Gasteiger partial charge in [-0.15, -0.1) is 0 Å². The molecule has 0 fully saturated rings. The summed E-state index contributed by atoms with van der Waals surface area (Å²) in [6.07, 6.45) is 36.6. The molecule has 0 amide bonds. The van der Waals surface area contributed by atoms with Gasteiger partial charge in [-0.25, -0.2) is 0 Å². The Morgan fingerprint density at radius 1 is 0.544 bits per heavy atom. The Balaban J connectivity index is 0.00000541. The predicted molar refractivity (Wildman–Crippen MR) is 258 cm³/mol. The molecule has 0 aliphatic heterocycles. The zero-order valence-electron chi connectivity index (χ0n) is 39.9. The standard InChI is InChI=1S/C52H87NSi.2CH3.Ti/c1-10-12-14-16-18-20-22-24-26-28-30-34-38-52(39-35-31-29-27-25-23-21-19-17-15-13-11-2)48-37-33-32-36-44(48)46-40-47-45(41-49(46)52)42(3)43(4)50(47)54(8,9)53-51(5,6)7;;;/h32-33,36-37,40-41,50,53H,10-31,34-35,38-39H2,1-9H3;2*1H3;/q;2*-1;+2. The number of unbranched alkanes of at least 4 members (excludes halogenated alkanes) is 22. The van der Waals surface area contributed by atoms with E-state index in [1.807, 2.05) is 0 Å². The molecule has 322 valence electrons. The molecular weight excluding hydrogens is 739 g/mol. The second kappa shape index (κ2) is 27.1. The van der Waals surface area contributed by atoms with Gasteiger partial charge in [0.15, 0.2) is 0 Å². The van der Waals surface area contributed by atoms with Crippen molar-refractivity contribution in [3.63, 3.8) is 0 Å². The van der Waals surface area contributed by atoms with Gasteiger partial charge in [-0.05, 0) is 98.5 Å². The van der Waals surface area contributed by atoms with Gasteiger partial charge in [0.2, 0.25) is 0 Å². The monoisotopic (exact) mass is 832 g/mol. The van der Waals surface area contributed by atoms with Crippen LogP contribution in [0.5, 0.6) is 0 Å². The fraction of sp³-hybridized carbons (Fsp3) is 0.704. The van der Waals surface area contributed by atoms with Gasteiger partial charge in [-0.2, -0.15) is 0 Å². The van der Waals surface area contributed by atoms with Crippen LogP contribution in [0, 0.1) is 14.9 Å². The minimum atomic E-state index is -1.83. The molecule has 0 saturated carbocycles. The summed E-state index contributed by atoms with van der Waals surface area (Å²) in [5.41, 5.74) is 13.6. The van der Waals surface area contributed by atoms with E-state index in [-0.39, 0.29) is 47.5 Å². The number of benzene rings is 2. The molecule has 2 aromatic rings. The number of nitrogens with one attached hydrogen (secondary N) is 1. The molecule has 4 rings (SSSR count). The first-order valence-corrected chi connectivity index (χ1v) is 26.8. The van der Waals surface area contributed by atoms with E-state index >= 15 is 0 Å². The Kier molecular flexibility index (Phi) is 25.7. The smallest absolute Gasteiger partial charge is 0.358 e. The van der Waals surface area contributed by atoms with E-state index in [1.54, 1.807) is 39.0 Å². The Morgan fingerprint density at radius 3 is 1.37 bits per heavy atom. The molecule has 1 N–H and O–H groups in total. The zero-order chi connectivity index (χ0) is 39.0. The average molecular weight is 832 g/mol. The molecule has 57 heavy (non-hydrogen) atoms. The minimum absolute atomic E-state index is 0. The molecule has 1 atom stereocenters. The van der Waals surface area contributed by atoms with E-state index in [1.165, 1.54) is 173 Å². The first kappa shape index (κ1) is 54.1. The van der Waals surface area contributed by atoms with Gasteiger partial charge in [-0.1, -0.05) is 211 Å². The molecule has 0 aromatic heterocycles. The third-order valence-corrected chi connectivity index (χ3v) is 17.1. The number of hydrogen-bond donors (Lipinski definition) is 1. The van der Waals surface area contributed by atoms with Crippen molar-refractivity contribution in [2.24, 2.45) is 0 Å². The number of rotatable bonds is 28. The molecule has 3 heteroatoms. The quantitative estimate of drug-likeness (QED) is 0.0512. The van der Waals surface area contributed by atoms with E-state index in [4.69, 9.17) is 0 Å². The second-order valence-electron chi connectivity index (χ2n) is 19.7. The summed E-state index contributed by atoms with van der Waals surface area (Å²) in [4.78, 5) is 4.17. The maximum atomic E-state index is 4.17. The maximum Gasteiger partial charge on any atom is 2.00 e. The molecule has 2 aromatic carbocycles. The van der Waals surface area contributed by atoms with E-state index in [0.717, 1.165) is 0 Å².